The van der Waals surface area contributed by atoms with Crippen molar-refractivity contribution in [3.8, 4) is 0 Å². The highest BCUT2D eigenvalue weighted by Gasteiger charge is 2.59. The molecule has 0 aromatic heterocycles. The van der Waals surface area contributed by atoms with Crippen molar-refractivity contribution in [1.82, 2.24) is 5.32 Å². The Labute approximate surface area is 165 Å². The molecular weight excluding hydrogens is 330 g/mol. The molecule has 1 saturated heterocycles. The van der Waals surface area contributed by atoms with Crippen molar-refractivity contribution < 1.29 is 5.11 Å². The molecule has 1 heterocycles. The predicted octanol–water partition coefficient (Wildman–Crippen LogP) is 5.09. The van der Waals surface area contributed by atoms with E-state index >= 15 is 0 Å². The first kappa shape index (κ1) is 18.4. The third kappa shape index (κ3) is 2.58. The van der Waals surface area contributed by atoms with Gasteiger partial charge in [-0.1, -0.05) is 44.1 Å². The van der Waals surface area contributed by atoms with Gasteiger partial charge in [-0.3, -0.25) is 0 Å². The fourth-order valence-corrected chi connectivity index (χ4v) is 8.35. The van der Waals surface area contributed by atoms with E-state index in [0.717, 1.165) is 42.4 Å². The molecular formula is C25H39NO. The summed E-state index contributed by atoms with van der Waals surface area (Å²) in [6.45, 7) is 10.00. The number of aliphatic hydroxyl groups is 1. The van der Waals surface area contributed by atoms with E-state index in [1.54, 1.807) is 5.57 Å². The molecule has 0 radical (unpaired) electrons. The molecule has 4 aliphatic carbocycles. The van der Waals surface area contributed by atoms with Crippen LogP contribution < -0.4 is 5.32 Å². The summed E-state index contributed by atoms with van der Waals surface area (Å²) >= 11 is 0. The summed E-state index contributed by atoms with van der Waals surface area (Å²) in [6, 6.07) is 0. The van der Waals surface area contributed by atoms with E-state index in [1.807, 2.05) is 5.57 Å². The second-order valence-electron chi connectivity index (χ2n) is 10.9. The number of allylic oxidation sites excluding steroid dienone is 2. The van der Waals surface area contributed by atoms with Crippen LogP contribution in [-0.2, 0) is 0 Å². The van der Waals surface area contributed by atoms with Crippen LogP contribution in [0.5, 0.6) is 0 Å². The summed E-state index contributed by atoms with van der Waals surface area (Å²) in [6.07, 6.45) is 15.1. The minimum Gasteiger partial charge on any atom is -0.393 e. The number of rotatable bonds is 2. The van der Waals surface area contributed by atoms with Gasteiger partial charge in [0.25, 0.3) is 0 Å². The smallest absolute Gasteiger partial charge is 0.0577 e. The summed E-state index contributed by atoms with van der Waals surface area (Å²) < 4.78 is 0. The fraction of sp³-hybridized carbons (Fsp3) is 0.840. The minimum absolute atomic E-state index is 0.0955. The second-order valence-corrected chi connectivity index (χ2v) is 10.9. The topological polar surface area (TPSA) is 32.3 Å². The molecule has 2 unspecified atom stereocenters. The Morgan fingerprint density at radius 1 is 1.11 bits per heavy atom. The Morgan fingerprint density at radius 2 is 1.93 bits per heavy atom. The van der Waals surface area contributed by atoms with Crippen LogP contribution in [0.2, 0.25) is 0 Å². The number of fused-ring (bicyclic) bond motifs is 5. The SMILES string of the molecule is CC[C@H]1C=C2CC(O)CC[C@]2(C)[C@H]2CC[C@]3(C)C(C4CCNC4)=CC[C@H]3[C@H]12. The highest BCUT2D eigenvalue weighted by Crippen LogP contribution is 2.67. The van der Waals surface area contributed by atoms with E-state index in [-0.39, 0.29) is 6.10 Å². The van der Waals surface area contributed by atoms with Gasteiger partial charge in [-0.15, -0.1) is 0 Å². The van der Waals surface area contributed by atoms with Crippen LogP contribution in [0.4, 0.5) is 0 Å². The molecule has 1 aliphatic heterocycles. The molecule has 0 aromatic carbocycles. The van der Waals surface area contributed by atoms with E-state index in [2.05, 4.69) is 38.2 Å². The van der Waals surface area contributed by atoms with Gasteiger partial charge in [0.05, 0.1) is 6.10 Å². The van der Waals surface area contributed by atoms with Crippen LogP contribution >= 0.6 is 0 Å². The van der Waals surface area contributed by atoms with Gasteiger partial charge in [0, 0.05) is 6.54 Å². The molecule has 2 N–H and O–H groups in total. The molecule has 5 rings (SSSR count). The summed E-state index contributed by atoms with van der Waals surface area (Å²) in [5, 5.41) is 13.9. The van der Waals surface area contributed by atoms with Gasteiger partial charge < -0.3 is 10.4 Å². The summed E-state index contributed by atoms with van der Waals surface area (Å²) in [5.74, 6) is 4.05. The Kier molecular flexibility index (Phi) is 4.41. The molecule has 5 aliphatic rings. The largest absolute Gasteiger partial charge is 0.393 e. The van der Waals surface area contributed by atoms with E-state index in [1.165, 1.54) is 51.6 Å². The molecule has 2 heteroatoms. The molecule has 0 spiro atoms. The van der Waals surface area contributed by atoms with Gasteiger partial charge in [-0.25, -0.2) is 0 Å². The van der Waals surface area contributed by atoms with Crippen molar-refractivity contribution in [2.45, 2.75) is 78.2 Å². The number of hydrogen-bond donors (Lipinski definition) is 2. The minimum atomic E-state index is -0.0955. The molecule has 0 bridgehead atoms. The Balaban J connectivity index is 1.50. The summed E-state index contributed by atoms with van der Waals surface area (Å²) in [7, 11) is 0. The van der Waals surface area contributed by atoms with E-state index in [4.69, 9.17) is 0 Å². The molecule has 0 amide bonds. The monoisotopic (exact) mass is 369 g/mol. The third-order valence-corrected chi connectivity index (χ3v) is 9.86. The maximum absolute atomic E-state index is 10.3. The normalized spacial score (nSPS) is 51.9. The average molecular weight is 370 g/mol. The Bertz CT molecular complexity index is 659. The lowest BCUT2D eigenvalue weighted by molar-refractivity contribution is -0.0535. The van der Waals surface area contributed by atoms with Gasteiger partial charge in [0.2, 0.25) is 0 Å². The van der Waals surface area contributed by atoms with Gasteiger partial charge in [0.1, 0.15) is 0 Å². The van der Waals surface area contributed by atoms with Gasteiger partial charge >= 0.3 is 0 Å². The van der Waals surface area contributed by atoms with Crippen molar-refractivity contribution in [1.29, 1.82) is 0 Å². The lowest BCUT2D eigenvalue weighted by Crippen LogP contribution is -2.53. The van der Waals surface area contributed by atoms with E-state index in [0.29, 0.717) is 10.8 Å². The quantitative estimate of drug-likeness (QED) is 0.664. The molecule has 2 saturated carbocycles. The zero-order chi connectivity index (χ0) is 18.8. The second kappa shape index (κ2) is 6.46. The van der Waals surface area contributed by atoms with Crippen LogP contribution in [0.3, 0.4) is 0 Å². The Hall–Kier alpha value is -0.600. The zero-order valence-corrected chi connectivity index (χ0v) is 17.6. The van der Waals surface area contributed by atoms with Crippen molar-refractivity contribution in [3.05, 3.63) is 23.3 Å². The average Bonchev–Trinajstić information content (AvgIpc) is 3.28. The summed E-state index contributed by atoms with van der Waals surface area (Å²) in [5.41, 5.74) is 4.24. The lowest BCUT2D eigenvalue weighted by atomic mass is 9.45. The highest BCUT2D eigenvalue weighted by molar-refractivity contribution is 5.32. The summed E-state index contributed by atoms with van der Waals surface area (Å²) in [4.78, 5) is 0. The highest BCUT2D eigenvalue weighted by atomic mass is 16.3. The van der Waals surface area contributed by atoms with Crippen molar-refractivity contribution in [3.63, 3.8) is 0 Å². The van der Waals surface area contributed by atoms with Crippen molar-refractivity contribution in [2.75, 3.05) is 13.1 Å². The predicted molar refractivity (Wildman–Crippen MR) is 111 cm³/mol. The zero-order valence-electron chi connectivity index (χ0n) is 17.6. The van der Waals surface area contributed by atoms with Crippen LogP contribution in [-0.4, -0.2) is 24.3 Å². The molecule has 27 heavy (non-hydrogen) atoms. The number of hydrogen-bond acceptors (Lipinski definition) is 2. The van der Waals surface area contributed by atoms with Crippen LogP contribution in [0, 0.1) is 40.4 Å². The fourth-order valence-electron chi connectivity index (χ4n) is 8.35. The van der Waals surface area contributed by atoms with Gasteiger partial charge in [0.15, 0.2) is 0 Å². The first-order valence-corrected chi connectivity index (χ1v) is 11.8. The Morgan fingerprint density at radius 3 is 2.67 bits per heavy atom. The lowest BCUT2D eigenvalue weighted by Gasteiger charge is -2.60. The standard InChI is InChI=1S/C25H39NO/c1-4-16-13-18-14-19(27)7-10-24(18,2)22-8-11-25(3)20(17-9-12-26-15-17)5-6-21(25)23(16)22/h5,13,16-17,19,21-23,26-27H,4,6-12,14-15H2,1-3H3/t16-,17?,19?,21-,22-,23-,24-,25+/m0/s1. The first-order valence-electron chi connectivity index (χ1n) is 11.8. The van der Waals surface area contributed by atoms with E-state index in [9.17, 15) is 5.11 Å². The molecule has 150 valence electrons. The van der Waals surface area contributed by atoms with Crippen molar-refractivity contribution >= 4 is 0 Å². The third-order valence-electron chi connectivity index (χ3n) is 9.86. The van der Waals surface area contributed by atoms with Crippen LogP contribution in [0.25, 0.3) is 0 Å². The number of aliphatic hydroxyl groups excluding tert-OH is 1. The van der Waals surface area contributed by atoms with Gasteiger partial charge in [-0.05, 0) is 98.3 Å². The maximum atomic E-state index is 10.3. The van der Waals surface area contributed by atoms with Crippen LogP contribution in [0.15, 0.2) is 23.3 Å². The van der Waals surface area contributed by atoms with Gasteiger partial charge in [-0.2, -0.15) is 0 Å². The molecule has 8 atom stereocenters. The van der Waals surface area contributed by atoms with Crippen LogP contribution in [0.1, 0.15) is 72.1 Å². The maximum Gasteiger partial charge on any atom is 0.0577 e. The van der Waals surface area contributed by atoms with Crippen molar-refractivity contribution in [2.24, 2.45) is 40.4 Å². The molecule has 3 fully saturated rings. The van der Waals surface area contributed by atoms with E-state index < -0.39 is 0 Å². The first-order chi connectivity index (χ1) is 13.0. The number of nitrogens with one attached hydrogen (secondary N) is 1. The molecule has 2 nitrogen and oxygen atoms in total. The molecule has 0 aromatic rings.